The van der Waals surface area contributed by atoms with Gasteiger partial charge in [-0.1, -0.05) is 0 Å². The molecule has 2 rings (SSSR count). The van der Waals surface area contributed by atoms with E-state index in [9.17, 15) is 8.78 Å². The summed E-state index contributed by atoms with van der Waals surface area (Å²) >= 11 is 1.61. The molecule has 0 spiro atoms. The zero-order chi connectivity index (χ0) is 13.0. The Labute approximate surface area is 109 Å². The van der Waals surface area contributed by atoms with E-state index in [2.05, 4.69) is 10.3 Å². The van der Waals surface area contributed by atoms with Gasteiger partial charge >= 0.3 is 0 Å². The zero-order valence-electron chi connectivity index (χ0n) is 10.0. The number of thiazole rings is 1. The number of benzene rings is 1. The summed E-state index contributed by atoms with van der Waals surface area (Å²) in [5.74, 6) is -1.06. The van der Waals surface area contributed by atoms with Crippen LogP contribution in [0.25, 0.3) is 0 Å². The molecule has 0 fully saturated rings. The average molecular weight is 268 g/mol. The molecular formula is C13H14F2N2S. The number of halogens is 2. The minimum Gasteiger partial charge on any atom is -0.311 e. The maximum atomic E-state index is 12.9. The molecule has 0 radical (unpaired) electrons. The van der Waals surface area contributed by atoms with E-state index in [1.165, 1.54) is 12.1 Å². The van der Waals surface area contributed by atoms with Gasteiger partial charge in [-0.2, -0.15) is 0 Å². The van der Waals surface area contributed by atoms with Crippen molar-refractivity contribution >= 4 is 11.3 Å². The number of hydrogen-bond acceptors (Lipinski definition) is 3. The molecule has 0 saturated heterocycles. The summed E-state index contributed by atoms with van der Waals surface area (Å²) in [5, 5.41) is 6.25. The molecule has 1 N–H and O–H groups in total. The van der Waals surface area contributed by atoms with Crippen molar-refractivity contribution in [1.29, 1.82) is 0 Å². The molecule has 0 amide bonds. The Hall–Kier alpha value is -1.33. The number of nitrogens with zero attached hydrogens (tertiary/aromatic N) is 1. The van der Waals surface area contributed by atoms with E-state index < -0.39 is 11.6 Å². The van der Waals surface area contributed by atoms with E-state index in [-0.39, 0.29) is 0 Å². The molecule has 0 bridgehead atoms. The Kier molecular flexibility index (Phi) is 4.38. The monoisotopic (exact) mass is 268 g/mol. The molecule has 0 atom stereocenters. The van der Waals surface area contributed by atoms with Crippen molar-refractivity contribution in [2.75, 3.05) is 6.54 Å². The first-order valence-electron chi connectivity index (χ1n) is 5.70. The van der Waals surface area contributed by atoms with Crippen LogP contribution in [-0.2, 0) is 13.0 Å². The highest BCUT2D eigenvalue weighted by atomic mass is 32.1. The van der Waals surface area contributed by atoms with Crippen molar-refractivity contribution in [3.05, 3.63) is 51.5 Å². The Morgan fingerprint density at radius 3 is 2.56 bits per heavy atom. The highest BCUT2D eigenvalue weighted by Gasteiger charge is 2.01. The lowest BCUT2D eigenvalue weighted by atomic mass is 10.1. The van der Waals surface area contributed by atoms with Gasteiger partial charge in [0.15, 0.2) is 0 Å². The van der Waals surface area contributed by atoms with Crippen LogP contribution in [0.5, 0.6) is 0 Å². The van der Waals surface area contributed by atoms with Crippen LogP contribution in [0.2, 0.25) is 0 Å². The zero-order valence-corrected chi connectivity index (χ0v) is 10.9. The first-order valence-corrected chi connectivity index (χ1v) is 6.58. The van der Waals surface area contributed by atoms with Gasteiger partial charge in [-0.05, 0) is 37.6 Å². The maximum absolute atomic E-state index is 12.9. The Balaban J connectivity index is 1.78. The number of aromatic nitrogens is 1. The van der Waals surface area contributed by atoms with Crippen LogP contribution in [0.4, 0.5) is 8.78 Å². The summed E-state index contributed by atoms with van der Waals surface area (Å²) in [6, 6.07) is 3.60. The normalized spacial score (nSPS) is 10.8. The molecule has 1 aromatic heterocycles. The molecule has 0 saturated carbocycles. The van der Waals surface area contributed by atoms with Gasteiger partial charge in [-0.15, -0.1) is 11.3 Å². The maximum Gasteiger partial charge on any atom is 0.126 e. The van der Waals surface area contributed by atoms with Crippen molar-refractivity contribution in [2.24, 2.45) is 0 Å². The van der Waals surface area contributed by atoms with Crippen LogP contribution >= 0.6 is 11.3 Å². The molecule has 18 heavy (non-hydrogen) atoms. The fraction of sp³-hybridized carbons (Fsp3) is 0.308. The van der Waals surface area contributed by atoms with E-state index in [0.717, 1.165) is 16.8 Å². The second-order valence-electron chi connectivity index (χ2n) is 4.06. The van der Waals surface area contributed by atoms with Crippen LogP contribution in [-0.4, -0.2) is 11.5 Å². The van der Waals surface area contributed by atoms with Gasteiger partial charge in [0.25, 0.3) is 0 Å². The molecule has 2 aromatic rings. The van der Waals surface area contributed by atoms with Crippen molar-refractivity contribution < 1.29 is 8.78 Å². The lowest BCUT2D eigenvalue weighted by Crippen LogP contribution is -2.17. The molecule has 1 heterocycles. The van der Waals surface area contributed by atoms with Gasteiger partial charge < -0.3 is 5.32 Å². The van der Waals surface area contributed by atoms with Gasteiger partial charge in [0.1, 0.15) is 11.6 Å². The van der Waals surface area contributed by atoms with Gasteiger partial charge in [-0.3, -0.25) is 0 Å². The summed E-state index contributed by atoms with van der Waals surface area (Å²) in [6.07, 6.45) is 0.595. The molecule has 1 aromatic carbocycles. The molecule has 0 aliphatic heterocycles. The Morgan fingerprint density at radius 2 is 1.94 bits per heavy atom. The topological polar surface area (TPSA) is 24.9 Å². The lowest BCUT2D eigenvalue weighted by Gasteiger charge is -2.04. The smallest absolute Gasteiger partial charge is 0.126 e. The van der Waals surface area contributed by atoms with Crippen molar-refractivity contribution in [3.63, 3.8) is 0 Å². The van der Waals surface area contributed by atoms with Gasteiger partial charge in [0.05, 0.1) is 10.7 Å². The summed E-state index contributed by atoms with van der Waals surface area (Å²) in [7, 11) is 0. The standard InChI is InChI=1S/C13H14F2N2S/c1-9-17-13(8-18-9)7-16-3-2-10-4-11(14)6-12(15)5-10/h4-6,8,16H,2-3,7H2,1H3. The number of nitrogens with one attached hydrogen (secondary N) is 1. The first-order chi connectivity index (χ1) is 8.63. The van der Waals surface area contributed by atoms with Gasteiger partial charge in [-0.25, -0.2) is 13.8 Å². The third-order valence-corrected chi connectivity index (χ3v) is 3.31. The molecule has 0 aliphatic rings. The van der Waals surface area contributed by atoms with Crippen LogP contribution in [0.15, 0.2) is 23.6 Å². The average Bonchev–Trinajstić information content (AvgIpc) is 2.69. The molecule has 0 unspecified atom stereocenters. The fourth-order valence-corrected chi connectivity index (χ4v) is 2.31. The second kappa shape index (κ2) is 6.02. The summed E-state index contributed by atoms with van der Waals surface area (Å²) < 4.78 is 25.9. The third-order valence-electron chi connectivity index (χ3n) is 2.49. The minimum absolute atomic E-state index is 0.528. The van der Waals surface area contributed by atoms with Gasteiger partial charge in [0.2, 0.25) is 0 Å². The fourth-order valence-electron chi connectivity index (χ4n) is 1.69. The lowest BCUT2D eigenvalue weighted by molar-refractivity contribution is 0.577. The first kappa shape index (κ1) is 13.1. The predicted molar refractivity (Wildman–Crippen MR) is 68.6 cm³/mol. The molecule has 0 aliphatic carbocycles. The highest BCUT2D eigenvalue weighted by Crippen LogP contribution is 2.09. The quantitative estimate of drug-likeness (QED) is 0.843. The molecule has 5 heteroatoms. The van der Waals surface area contributed by atoms with Gasteiger partial charge in [0, 0.05) is 18.0 Å². The Bertz CT molecular complexity index is 505. The van der Waals surface area contributed by atoms with Crippen LogP contribution in [0.3, 0.4) is 0 Å². The van der Waals surface area contributed by atoms with Crippen molar-refractivity contribution in [3.8, 4) is 0 Å². The van der Waals surface area contributed by atoms with Crippen molar-refractivity contribution in [1.82, 2.24) is 10.3 Å². The predicted octanol–water partition coefficient (Wildman–Crippen LogP) is 3.06. The third kappa shape index (κ3) is 3.85. The summed E-state index contributed by atoms with van der Waals surface area (Å²) in [4.78, 5) is 4.32. The second-order valence-corrected chi connectivity index (χ2v) is 5.12. The van der Waals surface area contributed by atoms with E-state index in [0.29, 0.717) is 25.1 Å². The van der Waals surface area contributed by atoms with Crippen LogP contribution in [0.1, 0.15) is 16.3 Å². The molecular weight excluding hydrogens is 254 g/mol. The van der Waals surface area contributed by atoms with Crippen LogP contribution in [0, 0.1) is 18.6 Å². The molecule has 2 nitrogen and oxygen atoms in total. The van der Waals surface area contributed by atoms with E-state index in [4.69, 9.17) is 0 Å². The Morgan fingerprint density at radius 1 is 1.22 bits per heavy atom. The van der Waals surface area contributed by atoms with E-state index in [1.54, 1.807) is 11.3 Å². The van der Waals surface area contributed by atoms with Crippen molar-refractivity contribution in [2.45, 2.75) is 19.9 Å². The van der Waals surface area contributed by atoms with E-state index in [1.807, 2.05) is 12.3 Å². The summed E-state index contributed by atoms with van der Waals surface area (Å²) in [5.41, 5.74) is 1.66. The SMILES string of the molecule is Cc1nc(CNCCc2cc(F)cc(F)c2)cs1. The number of rotatable bonds is 5. The number of hydrogen-bond donors (Lipinski definition) is 1. The molecule has 96 valence electrons. The number of aryl methyl sites for hydroxylation is 1. The highest BCUT2D eigenvalue weighted by molar-refractivity contribution is 7.09. The van der Waals surface area contributed by atoms with E-state index >= 15 is 0 Å². The summed E-state index contributed by atoms with van der Waals surface area (Å²) in [6.45, 7) is 3.31. The minimum atomic E-state index is -0.528. The largest absolute Gasteiger partial charge is 0.311 e. The van der Waals surface area contributed by atoms with Crippen LogP contribution < -0.4 is 5.32 Å².